The monoisotopic (exact) mass is 370 g/mol. The number of carbonyl (C=O) groups excluding carboxylic acids is 2. The molecule has 1 aromatic heterocycles. The molecule has 7 heteroatoms. The van der Waals surface area contributed by atoms with Gasteiger partial charge in [0.05, 0.1) is 12.2 Å². The van der Waals surface area contributed by atoms with Crippen molar-refractivity contribution in [1.82, 2.24) is 10.2 Å². The lowest BCUT2D eigenvalue weighted by Crippen LogP contribution is -2.52. The summed E-state index contributed by atoms with van der Waals surface area (Å²) in [5.41, 5.74) is 0.905. The minimum atomic E-state index is -0.897. The van der Waals surface area contributed by atoms with Crippen LogP contribution in [0.2, 0.25) is 0 Å². The number of aliphatic carboxylic acids is 1. The Balaban J connectivity index is 1.76. The number of amides is 2. The number of furan rings is 1. The van der Waals surface area contributed by atoms with Gasteiger partial charge in [-0.25, -0.2) is 0 Å². The van der Waals surface area contributed by atoms with Crippen LogP contribution in [0.1, 0.15) is 29.0 Å². The molecule has 0 saturated carbocycles. The molecule has 27 heavy (non-hydrogen) atoms. The molecule has 142 valence electrons. The number of piperidine rings is 1. The lowest BCUT2D eigenvalue weighted by atomic mass is 9.96. The van der Waals surface area contributed by atoms with Gasteiger partial charge in [0, 0.05) is 19.5 Å². The first-order valence-corrected chi connectivity index (χ1v) is 8.94. The van der Waals surface area contributed by atoms with Gasteiger partial charge < -0.3 is 19.7 Å². The summed E-state index contributed by atoms with van der Waals surface area (Å²) >= 11 is 0. The van der Waals surface area contributed by atoms with Gasteiger partial charge in [0.15, 0.2) is 5.76 Å². The van der Waals surface area contributed by atoms with Crippen molar-refractivity contribution in [2.45, 2.75) is 25.3 Å². The maximum Gasteiger partial charge on any atom is 0.308 e. The van der Waals surface area contributed by atoms with Crippen LogP contribution in [0.4, 0.5) is 0 Å². The van der Waals surface area contributed by atoms with Gasteiger partial charge in [-0.05, 0) is 30.5 Å². The minimum Gasteiger partial charge on any atom is -0.481 e. The Labute approximate surface area is 157 Å². The molecule has 7 nitrogen and oxygen atoms in total. The lowest BCUT2D eigenvalue weighted by Gasteiger charge is -2.33. The second-order valence-electron chi connectivity index (χ2n) is 6.65. The first-order chi connectivity index (χ1) is 13.0. The van der Waals surface area contributed by atoms with Crippen LogP contribution in [0.5, 0.6) is 0 Å². The van der Waals surface area contributed by atoms with Crippen LogP contribution in [0.25, 0.3) is 0 Å². The van der Waals surface area contributed by atoms with Crippen molar-refractivity contribution in [3.8, 4) is 0 Å². The van der Waals surface area contributed by atoms with Crippen LogP contribution < -0.4 is 5.32 Å². The number of carboxylic acid groups (broad SMARTS) is 1. The van der Waals surface area contributed by atoms with E-state index in [9.17, 15) is 19.5 Å². The Kier molecular flexibility index (Phi) is 5.90. The summed E-state index contributed by atoms with van der Waals surface area (Å²) in [5.74, 6) is -2.08. The molecule has 2 N–H and O–H groups in total. The van der Waals surface area contributed by atoms with Crippen LogP contribution in [-0.2, 0) is 16.0 Å². The van der Waals surface area contributed by atoms with E-state index < -0.39 is 23.8 Å². The summed E-state index contributed by atoms with van der Waals surface area (Å²) < 4.78 is 5.11. The highest BCUT2D eigenvalue weighted by atomic mass is 16.4. The second kappa shape index (κ2) is 8.53. The number of nitrogens with zero attached hydrogens (tertiary/aromatic N) is 1. The van der Waals surface area contributed by atoms with Gasteiger partial charge in [0.1, 0.15) is 6.04 Å². The Hall–Kier alpha value is -3.09. The number of nitrogens with one attached hydrogen (secondary N) is 1. The lowest BCUT2D eigenvalue weighted by molar-refractivity contribution is -0.146. The zero-order valence-electron chi connectivity index (χ0n) is 14.8. The summed E-state index contributed by atoms with van der Waals surface area (Å²) in [5, 5.41) is 12.0. The van der Waals surface area contributed by atoms with Crippen molar-refractivity contribution in [3.05, 3.63) is 60.1 Å². The number of carbonyl (C=O) groups is 3. The molecule has 2 heterocycles. The van der Waals surface area contributed by atoms with Crippen molar-refractivity contribution in [2.24, 2.45) is 5.92 Å². The van der Waals surface area contributed by atoms with Crippen molar-refractivity contribution < 1.29 is 23.9 Å². The largest absolute Gasteiger partial charge is 0.481 e. The van der Waals surface area contributed by atoms with Crippen LogP contribution in [-0.4, -0.2) is 46.9 Å². The van der Waals surface area contributed by atoms with E-state index in [-0.39, 0.29) is 18.2 Å². The molecule has 0 spiro atoms. The van der Waals surface area contributed by atoms with E-state index in [1.54, 1.807) is 6.07 Å². The fourth-order valence-electron chi connectivity index (χ4n) is 3.29. The van der Waals surface area contributed by atoms with E-state index in [1.807, 2.05) is 30.3 Å². The Morgan fingerprint density at radius 1 is 1.19 bits per heavy atom. The molecule has 2 amide bonds. The predicted octanol–water partition coefficient (Wildman–Crippen LogP) is 1.94. The van der Waals surface area contributed by atoms with Crippen molar-refractivity contribution >= 4 is 17.8 Å². The van der Waals surface area contributed by atoms with E-state index in [1.165, 1.54) is 17.2 Å². The summed E-state index contributed by atoms with van der Waals surface area (Å²) in [6.07, 6.45) is 2.90. The molecule has 0 bridgehead atoms. The van der Waals surface area contributed by atoms with Crippen molar-refractivity contribution in [1.29, 1.82) is 0 Å². The van der Waals surface area contributed by atoms with Gasteiger partial charge >= 0.3 is 5.97 Å². The Bertz CT molecular complexity index is 788. The zero-order valence-corrected chi connectivity index (χ0v) is 14.8. The summed E-state index contributed by atoms with van der Waals surface area (Å²) in [6.45, 7) is 0.653. The van der Waals surface area contributed by atoms with Gasteiger partial charge in [-0.2, -0.15) is 0 Å². The molecule has 1 aliphatic heterocycles. The quantitative estimate of drug-likeness (QED) is 0.809. The first kappa shape index (κ1) is 18.7. The highest BCUT2D eigenvalue weighted by Crippen LogP contribution is 2.18. The van der Waals surface area contributed by atoms with E-state index in [2.05, 4.69) is 5.32 Å². The summed E-state index contributed by atoms with van der Waals surface area (Å²) in [6, 6.07) is 11.7. The second-order valence-corrected chi connectivity index (χ2v) is 6.65. The van der Waals surface area contributed by atoms with Crippen LogP contribution in [0.3, 0.4) is 0 Å². The Morgan fingerprint density at radius 3 is 2.63 bits per heavy atom. The van der Waals surface area contributed by atoms with E-state index in [0.717, 1.165) is 5.56 Å². The number of hydrogen-bond acceptors (Lipinski definition) is 4. The molecule has 1 unspecified atom stereocenters. The Morgan fingerprint density at radius 2 is 1.96 bits per heavy atom. The van der Waals surface area contributed by atoms with E-state index in [0.29, 0.717) is 25.8 Å². The van der Waals surface area contributed by atoms with Gasteiger partial charge in [-0.1, -0.05) is 30.3 Å². The molecule has 1 saturated heterocycles. The zero-order chi connectivity index (χ0) is 19.2. The van der Waals surface area contributed by atoms with Crippen molar-refractivity contribution in [3.63, 3.8) is 0 Å². The molecule has 2 aromatic rings. The average molecular weight is 370 g/mol. The van der Waals surface area contributed by atoms with Gasteiger partial charge in [0.25, 0.3) is 5.91 Å². The molecule has 2 atom stereocenters. The molecule has 1 aromatic carbocycles. The number of benzene rings is 1. The normalized spacial score (nSPS) is 17.9. The third-order valence-electron chi connectivity index (χ3n) is 4.71. The third-order valence-corrected chi connectivity index (χ3v) is 4.71. The standard InChI is InChI=1S/C20H22N2O5/c23-18(17-9-5-11-27-17)21-16(12-14-6-2-1-3-7-14)19(24)22-10-4-8-15(13-22)20(25)26/h1-3,5-7,9,11,15-16H,4,8,10,12-13H2,(H,21,23)(H,25,26)/t15-,16?/m0/s1. The molecule has 3 rings (SSSR count). The highest BCUT2D eigenvalue weighted by molar-refractivity contribution is 5.95. The first-order valence-electron chi connectivity index (χ1n) is 8.94. The van der Waals surface area contributed by atoms with Crippen molar-refractivity contribution in [2.75, 3.05) is 13.1 Å². The average Bonchev–Trinajstić information content (AvgIpc) is 3.23. The van der Waals surface area contributed by atoms with Gasteiger partial charge in [0.2, 0.25) is 5.91 Å². The van der Waals surface area contributed by atoms with E-state index >= 15 is 0 Å². The highest BCUT2D eigenvalue weighted by Gasteiger charge is 2.33. The third kappa shape index (κ3) is 4.75. The molecule has 0 radical (unpaired) electrons. The number of hydrogen-bond donors (Lipinski definition) is 2. The number of rotatable bonds is 6. The fourth-order valence-corrected chi connectivity index (χ4v) is 3.29. The molecule has 1 fully saturated rings. The van der Waals surface area contributed by atoms with Crippen LogP contribution in [0, 0.1) is 5.92 Å². The smallest absolute Gasteiger partial charge is 0.308 e. The molecular weight excluding hydrogens is 348 g/mol. The minimum absolute atomic E-state index is 0.128. The maximum atomic E-state index is 13.1. The topological polar surface area (TPSA) is 99.9 Å². The molecule has 0 aliphatic carbocycles. The van der Waals surface area contributed by atoms with Gasteiger partial charge in [-0.15, -0.1) is 0 Å². The van der Waals surface area contributed by atoms with Crippen LogP contribution in [0.15, 0.2) is 53.1 Å². The molecule has 1 aliphatic rings. The summed E-state index contributed by atoms with van der Waals surface area (Å²) in [4.78, 5) is 38.3. The van der Waals surface area contributed by atoms with Crippen LogP contribution >= 0.6 is 0 Å². The van der Waals surface area contributed by atoms with E-state index in [4.69, 9.17) is 4.42 Å². The summed E-state index contributed by atoms with van der Waals surface area (Å²) in [7, 11) is 0. The fraction of sp³-hybridized carbons (Fsp3) is 0.350. The number of carboxylic acids is 1. The van der Waals surface area contributed by atoms with Gasteiger partial charge in [-0.3, -0.25) is 14.4 Å². The number of likely N-dealkylation sites (tertiary alicyclic amines) is 1. The maximum absolute atomic E-state index is 13.1. The molecular formula is C20H22N2O5. The predicted molar refractivity (Wildman–Crippen MR) is 97.0 cm³/mol. The SMILES string of the molecule is O=C(NC(Cc1ccccc1)C(=O)N1CCC[C@H](C(=O)O)C1)c1ccco1.